The van der Waals surface area contributed by atoms with Gasteiger partial charge in [-0.3, -0.25) is 19.7 Å². The number of hydrogen-bond acceptors (Lipinski definition) is 7. The number of amides is 3. The summed E-state index contributed by atoms with van der Waals surface area (Å²) in [5, 5.41) is 5.60. The summed E-state index contributed by atoms with van der Waals surface area (Å²) in [6.07, 6.45) is 0.588. The summed E-state index contributed by atoms with van der Waals surface area (Å²) in [6, 6.07) is 8.63. The van der Waals surface area contributed by atoms with E-state index in [1.54, 1.807) is 11.0 Å². The van der Waals surface area contributed by atoms with Gasteiger partial charge in [0.05, 0.1) is 11.4 Å². The van der Waals surface area contributed by atoms with Gasteiger partial charge in [0, 0.05) is 37.2 Å². The van der Waals surface area contributed by atoms with Crippen LogP contribution < -0.4 is 25.8 Å². The van der Waals surface area contributed by atoms with Gasteiger partial charge in [0.1, 0.15) is 19.3 Å². The molecule has 0 aromatic heterocycles. The predicted octanol–water partition coefficient (Wildman–Crippen LogP) is 1.41. The van der Waals surface area contributed by atoms with E-state index in [0.29, 0.717) is 55.5 Å². The third-order valence-electron chi connectivity index (χ3n) is 5.79. The van der Waals surface area contributed by atoms with Crippen LogP contribution in [-0.2, 0) is 22.7 Å². The van der Waals surface area contributed by atoms with Crippen LogP contribution in [0.25, 0.3) is 0 Å². The number of anilines is 2. The maximum absolute atomic E-state index is 13.0. The standard InChI is InChI=1S/C22H22N4O5/c23-15-8-18-19(31-6-5-30-18)9-16(15)24-10-12-1-2-13-11-26(22(29)14(13)7-12)17-3-4-20(27)25-21(17)28/h1-2,7-9,17,24H,3-6,10-11,23H2,(H,25,27,28). The summed E-state index contributed by atoms with van der Waals surface area (Å²) in [5.74, 6) is 0.383. The third kappa shape index (κ3) is 3.52. The number of imide groups is 1. The van der Waals surface area contributed by atoms with Crippen molar-refractivity contribution in [3.63, 3.8) is 0 Å². The maximum Gasteiger partial charge on any atom is 0.255 e. The smallest absolute Gasteiger partial charge is 0.255 e. The average molecular weight is 422 g/mol. The average Bonchev–Trinajstić information content (AvgIpc) is 3.08. The topological polar surface area (TPSA) is 123 Å². The molecule has 0 radical (unpaired) electrons. The number of nitrogen functional groups attached to an aromatic ring is 1. The first-order valence-electron chi connectivity index (χ1n) is 10.2. The summed E-state index contributed by atoms with van der Waals surface area (Å²) in [5.41, 5.74) is 9.76. The van der Waals surface area contributed by atoms with Gasteiger partial charge < -0.3 is 25.4 Å². The van der Waals surface area contributed by atoms with E-state index in [9.17, 15) is 14.4 Å². The minimum Gasteiger partial charge on any atom is -0.486 e. The normalized spacial score (nSPS) is 19.8. The van der Waals surface area contributed by atoms with Crippen LogP contribution in [-0.4, -0.2) is 41.9 Å². The molecule has 1 saturated heterocycles. The summed E-state index contributed by atoms with van der Waals surface area (Å²) in [6.45, 7) is 1.82. The number of carbonyl (C=O) groups excluding carboxylic acids is 3. The van der Waals surface area contributed by atoms with E-state index < -0.39 is 11.9 Å². The number of ether oxygens (including phenoxy) is 2. The Bertz CT molecular complexity index is 1100. The van der Waals surface area contributed by atoms with Crippen molar-refractivity contribution in [2.24, 2.45) is 0 Å². The van der Waals surface area contributed by atoms with Gasteiger partial charge in [-0.2, -0.15) is 0 Å². The van der Waals surface area contributed by atoms with Gasteiger partial charge >= 0.3 is 0 Å². The highest BCUT2D eigenvalue weighted by Gasteiger charge is 2.39. The highest BCUT2D eigenvalue weighted by atomic mass is 16.6. The number of fused-ring (bicyclic) bond motifs is 2. The van der Waals surface area contributed by atoms with E-state index in [0.717, 1.165) is 16.8 Å². The van der Waals surface area contributed by atoms with Crippen molar-refractivity contribution in [3.8, 4) is 11.5 Å². The maximum atomic E-state index is 13.0. The van der Waals surface area contributed by atoms with Gasteiger partial charge in [0.25, 0.3) is 5.91 Å². The molecule has 0 aliphatic carbocycles. The van der Waals surface area contributed by atoms with Crippen molar-refractivity contribution in [2.75, 3.05) is 24.3 Å². The molecule has 9 nitrogen and oxygen atoms in total. The number of piperidine rings is 1. The number of rotatable bonds is 4. The molecule has 2 aromatic carbocycles. The Kier molecular flexibility index (Phi) is 4.65. The molecule has 3 aliphatic rings. The molecule has 4 N–H and O–H groups in total. The summed E-state index contributed by atoms with van der Waals surface area (Å²) in [7, 11) is 0. The minimum absolute atomic E-state index is 0.190. The largest absolute Gasteiger partial charge is 0.486 e. The molecule has 0 saturated carbocycles. The molecule has 1 unspecified atom stereocenters. The molecular weight excluding hydrogens is 400 g/mol. The van der Waals surface area contributed by atoms with Crippen molar-refractivity contribution in [1.29, 1.82) is 0 Å². The molecule has 3 amide bonds. The van der Waals surface area contributed by atoms with Gasteiger partial charge in [-0.25, -0.2) is 0 Å². The first kappa shape index (κ1) is 19.2. The number of nitrogens with one attached hydrogen (secondary N) is 2. The fourth-order valence-electron chi connectivity index (χ4n) is 4.17. The Morgan fingerprint density at radius 2 is 1.87 bits per heavy atom. The van der Waals surface area contributed by atoms with E-state index >= 15 is 0 Å². The van der Waals surface area contributed by atoms with E-state index in [1.165, 1.54) is 0 Å². The Morgan fingerprint density at radius 1 is 1.10 bits per heavy atom. The Hall–Kier alpha value is -3.75. The first-order chi connectivity index (χ1) is 15.0. The van der Waals surface area contributed by atoms with E-state index in [-0.39, 0.29) is 18.2 Å². The lowest BCUT2D eigenvalue weighted by Crippen LogP contribution is -2.52. The van der Waals surface area contributed by atoms with Crippen molar-refractivity contribution in [2.45, 2.75) is 32.0 Å². The molecule has 1 fully saturated rings. The van der Waals surface area contributed by atoms with Crippen LogP contribution in [0.4, 0.5) is 11.4 Å². The van der Waals surface area contributed by atoms with Gasteiger partial charge in [-0.15, -0.1) is 0 Å². The van der Waals surface area contributed by atoms with Crippen LogP contribution in [0.1, 0.15) is 34.3 Å². The van der Waals surface area contributed by atoms with Crippen LogP contribution in [0.15, 0.2) is 30.3 Å². The fraction of sp³-hybridized carbons (Fsp3) is 0.318. The van der Waals surface area contributed by atoms with Crippen molar-refractivity contribution >= 4 is 29.1 Å². The van der Waals surface area contributed by atoms with Crippen LogP contribution in [0.3, 0.4) is 0 Å². The van der Waals surface area contributed by atoms with Crippen molar-refractivity contribution < 1.29 is 23.9 Å². The van der Waals surface area contributed by atoms with Crippen LogP contribution in [0.5, 0.6) is 11.5 Å². The second-order valence-electron chi connectivity index (χ2n) is 7.83. The number of nitrogens with two attached hydrogens (primary N) is 1. The van der Waals surface area contributed by atoms with Gasteiger partial charge in [0.2, 0.25) is 11.8 Å². The van der Waals surface area contributed by atoms with Crippen LogP contribution in [0.2, 0.25) is 0 Å². The zero-order valence-corrected chi connectivity index (χ0v) is 16.8. The molecule has 0 spiro atoms. The third-order valence-corrected chi connectivity index (χ3v) is 5.79. The molecule has 9 heteroatoms. The van der Waals surface area contributed by atoms with E-state index in [4.69, 9.17) is 15.2 Å². The Morgan fingerprint density at radius 3 is 2.65 bits per heavy atom. The van der Waals surface area contributed by atoms with Gasteiger partial charge in [0.15, 0.2) is 11.5 Å². The molecule has 31 heavy (non-hydrogen) atoms. The molecular formula is C22H22N4O5. The minimum atomic E-state index is -0.614. The summed E-state index contributed by atoms with van der Waals surface area (Å²) >= 11 is 0. The number of carbonyl (C=O) groups is 3. The highest BCUT2D eigenvalue weighted by Crippen LogP contribution is 2.37. The number of benzene rings is 2. The second-order valence-corrected chi connectivity index (χ2v) is 7.83. The SMILES string of the molecule is Nc1cc2c(cc1NCc1ccc3c(c1)C(=O)N(C1CCC(=O)NC1=O)C3)OCCO2. The monoisotopic (exact) mass is 422 g/mol. The predicted molar refractivity (Wildman–Crippen MR) is 112 cm³/mol. The zero-order chi connectivity index (χ0) is 21.5. The van der Waals surface area contributed by atoms with E-state index in [2.05, 4.69) is 10.6 Å². The zero-order valence-electron chi connectivity index (χ0n) is 16.8. The fourth-order valence-corrected chi connectivity index (χ4v) is 4.17. The lowest BCUT2D eigenvalue weighted by Gasteiger charge is -2.29. The molecule has 0 bridgehead atoms. The molecule has 2 aromatic rings. The van der Waals surface area contributed by atoms with E-state index in [1.807, 2.05) is 24.3 Å². The number of nitrogens with zero attached hydrogens (tertiary/aromatic N) is 1. The second kappa shape index (κ2) is 7.50. The van der Waals surface area contributed by atoms with Crippen molar-refractivity contribution in [1.82, 2.24) is 10.2 Å². The molecule has 160 valence electrons. The lowest BCUT2D eigenvalue weighted by atomic mass is 10.0. The molecule has 3 heterocycles. The highest BCUT2D eigenvalue weighted by molar-refractivity contribution is 6.05. The Labute approximate surface area is 178 Å². The Balaban J connectivity index is 1.30. The summed E-state index contributed by atoms with van der Waals surface area (Å²) in [4.78, 5) is 38.1. The lowest BCUT2D eigenvalue weighted by molar-refractivity contribution is -0.136. The van der Waals surface area contributed by atoms with Crippen LogP contribution >= 0.6 is 0 Å². The molecule has 5 rings (SSSR count). The van der Waals surface area contributed by atoms with Crippen LogP contribution in [0, 0.1) is 0 Å². The molecule has 3 aliphatic heterocycles. The van der Waals surface area contributed by atoms with Gasteiger partial charge in [-0.1, -0.05) is 12.1 Å². The molecule has 1 atom stereocenters. The van der Waals surface area contributed by atoms with Gasteiger partial charge in [-0.05, 0) is 23.6 Å². The van der Waals surface area contributed by atoms with Crippen molar-refractivity contribution in [3.05, 3.63) is 47.0 Å². The quantitative estimate of drug-likeness (QED) is 0.503. The summed E-state index contributed by atoms with van der Waals surface area (Å²) < 4.78 is 11.1. The first-order valence-corrected chi connectivity index (χ1v) is 10.2. The number of hydrogen-bond donors (Lipinski definition) is 3.